The number of hydrogen-bond acceptors (Lipinski definition) is 11. The van der Waals surface area contributed by atoms with Gasteiger partial charge in [0.15, 0.2) is 17.1 Å². The van der Waals surface area contributed by atoms with E-state index in [0.29, 0.717) is 53.3 Å². The first-order valence-corrected chi connectivity index (χ1v) is 12.1. The number of hydrogen-bond donors (Lipinski definition) is 1. The number of nitrogens with one attached hydrogen (secondary N) is 1. The van der Waals surface area contributed by atoms with Gasteiger partial charge in [-0.2, -0.15) is 4.52 Å². The highest BCUT2D eigenvalue weighted by molar-refractivity contribution is 5.97. The molecular weight excluding hydrogens is 506 g/mol. The number of amides is 1. The molecule has 0 saturated heterocycles. The Labute approximate surface area is 223 Å². The van der Waals surface area contributed by atoms with Gasteiger partial charge < -0.3 is 28.8 Å². The number of carbonyl (C=O) groups excluding carboxylic acids is 1. The Hall–Kier alpha value is -4.46. The van der Waals surface area contributed by atoms with E-state index in [0.717, 1.165) is 10.8 Å². The summed E-state index contributed by atoms with van der Waals surface area (Å²) in [5, 5.41) is 21.8. The van der Waals surface area contributed by atoms with Crippen LogP contribution in [0.3, 0.4) is 0 Å². The SMILES string of the molecule is COCc1cc(-c2nnc3c4ccccc4c(OCc4ccc(C(=O)NC(COC)COC)cn4)nn23)no1. The average molecular weight is 534 g/mol. The van der Waals surface area contributed by atoms with Crippen LogP contribution in [0.15, 0.2) is 53.2 Å². The summed E-state index contributed by atoms with van der Waals surface area (Å²) >= 11 is 0. The zero-order valence-corrected chi connectivity index (χ0v) is 21.7. The number of methoxy groups -OCH3 is 3. The first kappa shape index (κ1) is 26.2. The van der Waals surface area contributed by atoms with E-state index in [1.807, 2.05) is 24.3 Å². The van der Waals surface area contributed by atoms with Crippen molar-refractivity contribution in [1.82, 2.24) is 35.3 Å². The van der Waals surface area contributed by atoms with Crippen LogP contribution in [0.1, 0.15) is 21.8 Å². The maximum absolute atomic E-state index is 12.6. The third-order valence-corrected chi connectivity index (χ3v) is 5.82. The number of nitrogens with zero attached hydrogens (tertiary/aromatic N) is 6. The molecule has 13 nitrogen and oxygen atoms in total. The zero-order valence-electron chi connectivity index (χ0n) is 21.7. The van der Waals surface area contributed by atoms with Crippen molar-refractivity contribution in [3.63, 3.8) is 0 Å². The molecule has 0 spiro atoms. The summed E-state index contributed by atoms with van der Waals surface area (Å²) in [5.41, 5.74) is 2.05. The third kappa shape index (κ3) is 5.70. The van der Waals surface area contributed by atoms with Crippen LogP contribution in [-0.2, 0) is 27.4 Å². The largest absolute Gasteiger partial charge is 0.470 e. The van der Waals surface area contributed by atoms with E-state index >= 15 is 0 Å². The molecule has 0 aliphatic rings. The molecule has 4 heterocycles. The lowest BCUT2D eigenvalue weighted by molar-refractivity contribution is 0.0779. The zero-order chi connectivity index (χ0) is 27.2. The van der Waals surface area contributed by atoms with Gasteiger partial charge in [0.1, 0.15) is 13.2 Å². The van der Waals surface area contributed by atoms with E-state index in [1.54, 1.807) is 44.0 Å². The van der Waals surface area contributed by atoms with Gasteiger partial charge in [-0.05, 0) is 18.2 Å². The van der Waals surface area contributed by atoms with Gasteiger partial charge >= 0.3 is 0 Å². The van der Waals surface area contributed by atoms with Crippen molar-refractivity contribution in [2.45, 2.75) is 19.3 Å². The summed E-state index contributed by atoms with van der Waals surface area (Å²) in [6.45, 7) is 1.08. The second-order valence-electron chi connectivity index (χ2n) is 8.63. The minimum atomic E-state index is -0.270. The van der Waals surface area contributed by atoms with Crippen LogP contribution >= 0.6 is 0 Å². The summed E-state index contributed by atoms with van der Waals surface area (Å²) in [5.74, 6) is 1.05. The standard InChI is InChI=1S/C26H27N7O6/c1-35-12-18(13-36-2)28-25(34)16-8-9-17(27-11-16)14-38-26-21-7-5-4-6-20(21)23-29-30-24(33(23)31-26)22-10-19(15-37-3)39-32-22/h4-11,18H,12-15H2,1-3H3,(H,28,34). The molecule has 0 fully saturated rings. The van der Waals surface area contributed by atoms with Gasteiger partial charge in [-0.3, -0.25) is 9.78 Å². The molecule has 0 radical (unpaired) electrons. The van der Waals surface area contributed by atoms with Crippen molar-refractivity contribution >= 4 is 22.3 Å². The number of carbonyl (C=O) groups is 1. The smallest absolute Gasteiger partial charge is 0.253 e. The molecule has 0 atom stereocenters. The fourth-order valence-corrected chi connectivity index (χ4v) is 4.04. The normalized spacial score (nSPS) is 11.5. The van der Waals surface area contributed by atoms with Crippen LogP contribution < -0.4 is 10.1 Å². The van der Waals surface area contributed by atoms with Crippen molar-refractivity contribution < 1.29 is 28.3 Å². The van der Waals surface area contributed by atoms with Gasteiger partial charge in [0, 0.05) is 44.4 Å². The van der Waals surface area contributed by atoms with E-state index < -0.39 is 0 Å². The molecular formula is C26H27N7O6. The molecule has 0 unspecified atom stereocenters. The summed E-state index contributed by atoms with van der Waals surface area (Å²) < 4.78 is 28.3. The second-order valence-corrected chi connectivity index (χ2v) is 8.63. The molecule has 4 aromatic heterocycles. The van der Waals surface area contributed by atoms with E-state index in [2.05, 4.69) is 30.8 Å². The number of aromatic nitrogens is 6. The molecule has 202 valence electrons. The Balaban J connectivity index is 1.37. The van der Waals surface area contributed by atoms with Gasteiger partial charge in [0.25, 0.3) is 5.91 Å². The second kappa shape index (κ2) is 11.9. The molecule has 0 bridgehead atoms. The van der Waals surface area contributed by atoms with Crippen molar-refractivity contribution in [2.24, 2.45) is 0 Å². The lowest BCUT2D eigenvalue weighted by Crippen LogP contribution is -2.41. The van der Waals surface area contributed by atoms with Crippen molar-refractivity contribution in [2.75, 3.05) is 34.5 Å². The number of fused-ring (bicyclic) bond motifs is 3. The van der Waals surface area contributed by atoms with Crippen LogP contribution in [0.25, 0.3) is 27.9 Å². The van der Waals surface area contributed by atoms with E-state index in [9.17, 15) is 4.79 Å². The minimum Gasteiger partial charge on any atom is -0.470 e. The summed E-state index contributed by atoms with van der Waals surface area (Å²) in [6.07, 6.45) is 1.50. The summed E-state index contributed by atoms with van der Waals surface area (Å²) in [6, 6.07) is 12.5. The first-order valence-electron chi connectivity index (χ1n) is 12.1. The van der Waals surface area contributed by atoms with Gasteiger partial charge in [-0.25, -0.2) is 0 Å². The predicted octanol–water partition coefficient (Wildman–Crippen LogP) is 2.44. The Kier molecular flexibility index (Phi) is 8.01. The number of benzene rings is 1. The quantitative estimate of drug-likeness (QED) is 0.252. The number of ether oxygens (including phenoxy) is 4. The topological polar surface area (TPSA) is 148 Å². The van der Waals surface area contributed by atoms with Gasteiger partial charge in [-0.1, -0.05) is 23.4 Å². The molecule has 39 heavy (non-hydrogen) atoms. The Morgan fingerprint density at radius 2 is 1.79 bits per heavy atom. The highest BCUT2D eigenvalue weighted by Crippen LogP contribution is 2.29. The highest BCUT2D eigenvalue weighted by Gasteiger charge is 2.19. The van der Waals surface area contributed by atoms with Crippen LogP contribution in [0, 0.1) is 0 Å². The van der Waals surface area contributed by atoms with Crippen LogP contribution in [0.2, 0.25) is 0 Å². The maximum Gasteiger partial charge on any atom is 0.253 e. The average Bonchev–Trinajstić information content (AvgIpc) is 3.59. The highest BCUT2D eigenvalue weighted by atomic mass is 16.5. The third-order valence-electron chi connectivity index (χ3n) is 5.82. The molecule has 1 N–H and O–H groups in total. The van der Waals surface area contributed by atoms with E-state index in [-0.39, 0.29) is 25.2 Å². The number of rotatable bonds is 12. The van der Waals surface area contributed by atoms with Crippen molar-refractivity contribution in [1.29, 1.82) is 0 Å². The van der Waals surface area contributed by atoms with E-state index in [4.69, 9.17) is 23.5 Å². The molecule has 1 aromatic carbocycles. The predicted molar refractivity (Wildman–Crippen MR) is 138 cm³/mol. The molecule has 0 aliphatic heterocycles. The maximum atomic E-state index is 12.6. The summed E-state index contributed by atoms with van der Waals surface area (Å²) in [4.78, 5) is 17.0. The van der Waals surface area contributed by atoms with Gasteiger partial charge in [0.05, 0.1) is 30.5 Å². The van der Waals surface area contributed by atoms with Gasteiger partial charge in [-0.15, -0.1) is 15.3 Å². The first-order chi connectivity index (χ1) is 19.1. The molecule has 5 aromatic rings. The molecule has 0 aliphatic carbocycles. The minimum absolute atomic E-state index is 0.125. The number of pyridine rings is 1. The molecule has 1 amide bonds. The molecule has 5 rings (SSSR count). The fourth-order valence-electron chi connectivity index (χ4n) is 4.04. The van der Waals surface area contributed by atoms with Crippen LogP contribution in [-0.4, -0.2) is 76.4 Å². The fraction of sp³-hybridized carbons (Fsp3) is 0.308. The van der Waals surface area contributed by atoms with Crippen LogP contribution in [0.5, 0.6) is 5.88 Å². The van der Waals surface area contributed by atoms with Gasteiger partial charge in [0.2, 0.25) is 11.7 Å². The Bertz CT molecular complexity index is 1560. The lowest BCUT2D eigenvalue weighted by Gasteiger charge is -2.17. The molecule has 13 heteroatoms. The Morgan fingerprint density at radius 3 is 2.51 bits per heavy atom. The monoisotopic (exact) mass is 533 g/mol. The lowest BCUT2D eigenvalue weighted by atomic mass is 10.2. The molecule has 0 saturated carbocycles. The van der Waals surface area contributed by atoms with Crippen LogP contribution in [0.4, 0.5) is 0 Å². The van der Waals surface area contributed by atoms with E-state index in [1.165, 1.54) is 6.20 Å². The summed E-state index contributed by atoms with van der Waals surface area (Å²) in [7, 11) is 4.71. The Morgan fingerprint density at radius 1 is 1.00 bits per heavy atom. The van der Waals surface area contributed by atoms with Crippen molar-refractivity contribution in [3.05, 3.63) is 65.7 Å². The van der Waals surface area contributed by atoms with Crippen molar-refractivity contribution in [3.8, 4) is 17.4 Å².